The molecule has 0 bridgehead atoms. The van der Waals surface area contributed by atoms with Crippen LogP contribution in [-0.4, -0.2) is 66.4 Å². The zero-order chi connectivity index (χ0) is 24.1. The van der Waals surface area contributed by atoms with E-state index in [1.807, 2.05) is 13.8 Å². The molecule has 1 fully saturated rings. The normalized spacial score (nSPS) is 17.8. The number of rotatable bonds is 7. The minimum absolute atomic E-state index is 0.0232. The second kappa shape index (κ2) is 10.2. The Morgan fingerprint density at radius 3 is 2.36 bits per heavy atom. The summed E-state index contributed by atoms with van der Waals surface area (Å²) in [6.45, 7) is 4.05. The molecule has 1 N–H and O–H groups in total. The van der Waals surface area contributed by atoms with E-state index in [0.29, 0.717) is 13.1 Å². The fourth-order valence-corrected chi connectivity index (χ4v) is 3.73. The number of ketones is 1. The van der Waals surface area contributed by atoms with E-state index in [-0.39, 0.29) is 46.2 Å². The van der Waals surface area contributed by atoms with Crippen molar-refractivity contribution in [2.45, 2.75) is 26.1 Å². The summed E-state index contributed by atoms with van der Waals surface area (Å²) in [6.07, 6.45) is -0.241. The summed E-state index contributed by atoms with van der Waals surface area (Å²) in [5, 5.41) is 14.0. The van der Waals surface area contributed by atoms with Gasteiger partial charge in [0.15, 0.2) is 12.4 Å². The number of benzene rings is 2. The first-order valence-electron chi connectivity index (χ1n) is 10.4. The fraction of sp³-hybridized carbons (Fsp3) is 0.348. The van der Waals surface area contributed by atoms with Crippen LogP contribution in [0.3, 0.4) is 0 Å². The number of esters is 1. The highest BCUT2D eigenvalue weighted by Crippen LogP contribution is 2.27. The molecule has 2 aromatic rings. The molecule has 1 aliphatic rings. The van der Waals surface area contributed by atoms with Crippen LogP contribution in [-0.2, 0) is 14.3 Å². The highest BCUT2D eigenvalue weighted by Gasteiger charge is 2.27. The molecular formula is C23H25N3O7. The highest BCUT2D eigenvalue weighted by molar-refractivity contribution is 6.15. The van der Waals surface area contributed by atoms with Crippen LogP contribution in [0, 0.1) is 10.1 Å². The number of amides is 1. The summed E-state index contributed by atoms with van der Waals surface area (Å²) >= 11 is 0. The van der Waals surface area contributed by atoms with Gasteiger partial charge in [-0.1, -0.05) is 18.2 Å². The number of nitrogens with zero attached hydrogens (tertiary/aromatic N) is 2. The molecule has 10 nitrogen and oxygen atoms in total. The number of nitrogens with one attached hydrogen (secondary N) is 1. The standard InChI is InChI=1S/C23H25N3O7/c1-14-11-25(12-15(2)33-14)21(27)13-32-23(29)18-7-5-4-6-17(18)22(28)16-8-9-19(24-3)20(10-16)26(30)31/h4-10,14-15,24H,11-13H2,1-3H3. The number of hydrogen-bond acceptors (Lipinski definition) is 8. The lowest BCUT2D eigenvalue weighted by Gasteiger charge is -2.35. The van der Waals surface area contributed by atoms with Gasteiger partial charge in [-0.3, -0.25) is 19.7 Å². The van der Waals surface area contributed by atoms with Crippen molar-refractivity contribution in [2.75, 3.05) is 32.1 Å². The van der Waals surface area contributed by atoms with E-state index in [0.717, 1.165) is 6.07 Å². The molecule has 1 amide bonds. The molecule has 0 radical (unpaired) electrons. The summed E-state index contributed by atoms with van der Waals surface area (Å²) < 4.78 is 10.8. The van der Waals surface area contributed by atoms with Crippen LogP contribution >= 0.6 is 0 Å². The quantitative estimate of drug-likeness (QED) is 0.292. The maximum absolute atomic E-state index is 13.1. The Hall–Kier alpha value is -3.79. The lowest BCUT2D eigenvalue weighted by atomic mass is 9.97. The Morgan fingerprint density at radius 1 is 1.12 bits per heavy atom. The number of nitro groups is 1. The zero-order valence-electron chi connectivity index (χ0n) is 18.6. The first-order chi connectivity index (χ1) is 15.7. The van der Waals surface area contributed by atoms with Gasteiger partial charge < -0.3 is 19.7 Å². The van der Waals surface area contributed by atoms with E-state index in [9.17, 15) is 24.5 Å². The molecule has 0 aliphatic carbocycles. The van der Waals surface area contributed by atoms with E-state index >= 15 is 0 Å². The van der Waals surface area contributed by atoms with E-state index in [1.165, 1.54) is 31.3 Å². The van der Waals surface area contributed by atoms with Crippen LogP contribution in [0.5, 0.6) is 0 Å². The molecule has 0 aromatic heterocycles. The molecule has 1 saturated heterocycles. The summed E-state index contributed by atoms with van der Waals surface area (Å²) in [5.74, 6) is -1.76. The minimum Gasteiger partial charge on any atom is -0.452 e. The lowest BCUT2D eigenvalue weighted by Crippen LogP contribution is -2.49. The Kier molecular flexibility index (Phi) is 7.39. The zero-order valence-corrected chi connectivity index (χ0v) is 18.6. The van der Waals surface area contributed by atoms with E-state index in [2.05, 4.69) is 5.32 Å². The molecular weight excluding hydrogens is 430 g/mol. The van der Waals surface area contributed by atoms with Gasteiger partial charge in [0.2, 0.25) is 0 Å². The topological polar surface area (TPSA) is 128 Å². The summed E-state index contributed by atoms with van der Waals surface area (Å²) in [4.78, 5) is 50.6. The lowest BCUT2D eigenvalue weighted by molar-refractivity contribution is -0.384. The Labute approximate surface area is 190 Å². The van der Waals surface area contributed by atoms with Crippen molar-refractivity contribution in [2.24, 2.45) is 0 Å². The van der Waals surface area contributed by atoms with Gasteiger partial charge in [0.25, 0.3) is 11.6 Å². The molecule has 33 heavy (non-hydrogen) atoms. The largest absolute Gasteiger partial charge is 0.452 e. The third kappa shape index (κ3) is 5.53. The molecule has 10 heteroatoms. The Morgan fingerprint density at radius 2 is 1.76 bits per heavy atom. The molecule has 1 heterocycles. The van der Waals surface area contributed by atoms with Gasteiger partial charge in [-0.15, -0.1) is 0 Å². The van der Waals surface area contributed by atoms with Crippen molar-refractivity contribution in [1.82, 2.24) is 4.90 Å². The second-order valence-corrected chi connectivity index (χ2v) is 7.75. The monoisotopic (exact) mass is 455 g/mol. The number of carbonyl (C=O) groups is 3. The van der Waals surface area contributed by atoms with E-state index in [4.69, 9.17) is 9.47 Å². The third-order valence-corrected chi connectivity index (χ3v) is 5.22. The molecule has 2 aromatic carbocycles. The van der Waals surface area contributed by atoms with Crippen LogP contribution in [0.15, 0.2) is 42.5 Å². The summed E-state index contributed by atoms with van der Waals surface area (Å²) in [5.41, 5.74) is 0.0419. The molecule has 2 unspecified atom stereocenters. The van der Waals surface area contributed by atoms with Gasteiger partial charge in [0.05, 0.1) is 22.7 Å². The number of morpholine rings is 1. The molecule has 0 saturated carbocycles. The fourth-order valence-electron chi connectivity index (χ4n) is 3.73. The number of ether oxygens (including phenoxy) is 2. The minimum atomic E-state index is -0.831. The van der Waals surface area contributed by atoms with Crippen LogP contribution in [0.1, 0.15) is 40.1 Å². The van der Waals surface area contributed by atoms with E-state index in [1.54, 1.807) is 17.0 Å². The van der Waals surface area contributed by atoms with Gasteiger partial charge in [-0.25, -0.2) is 4.79 Å². The van der Waals surface area contributed by atoms with Gasteiger partial charge in [-0.05, 0) is 32.0 Å². The van der Waals surface area contributed by atoms with Gasteiger partial charge >= 0.3 is 5.97 Å². The summed E-state index contributed by atoms with van der Waals surface area (Å²) in [6, 6.07) is 10.00. The molecule has 3 rings (SSSR count). The van der Waals surface area contributed by atoms with Crippen molar-refractivity contribution in [3.05, 3.63) is 69.3 Å². The van der Waals surface area contributed by atoms with Crippen molar-refractivity contribution >= 4 is 29.0 Å². The SMILES string of the molecule is CNc1ccc(C(=O)c2ccccc2C(=O)OCC(=O)N2CC(C)OC(C)C2)cc1[N+](=O)[O-]. The van der Waals surface area contributed by atoms with Crippen molar-refractivity contribution in [3.63, 3.8) is 0 Å². The van der Waals surface area contributed by atoms with E-state index < -0.39 is 23.3 Å². The third-order valence-electron chi connectivity index (χ3n) is 5.22. The number of hydrogen-bond donors (Lipinski definition) is 1. The van der Waals surface area contributed by atoms with Gasteiger partial charge in [0.1, 0.15) is 5.69 Å². The van der Waals surface area contributed by atoms with Crippen molar-refractivity contribution in [3.8, 4) is 0 Å². The average Bonchev–Trinajstić information content (AvgIpc) is 2.80. The van der Waals surface area contributed by atoms with Gasteiger partial charge in [-0.2, -0.15) is 0 Å². The highest BCUT2D eigenvalue weighted by atomic mass is 16.6. The van der Waals surface area contributed by atoms with Crippen LogP contribution in [0.2, 0.25) is 0 Å². The number of nitro benzene ring substituents is 1. The number of carbonyl (C=O) groups excluding carboxylic acids is 3. The Balaban J connectivity index is 1.77. The number of anilines is 1. The van der Waals surface area contributed by atoms with Crippen molar-refractivity contribution in [1.29, 1.82) is 0 Å². The average molecular weight is 455 g/mol. The maximum atomic E-state index is 13.1. The Bertz CT molecular complexity index is 1080. The molecule has 1 aliphatic heterocycles. The first-order valence-corrected chi connectivity index (χ1v) is 10.4. The predicted molar refractivity (Wildman–Crippen MR) is 119 cm³/mol. The van der Waals surface area contributed by atoms with Crippen molar-refractivity contribution < 1.29 is 28.8 Å². The first kappa shape index (κ1) is 23.9. The van der Waals surface area contributed by atoms with Crippen LogP contribution < -0.4 is 5.32 Å². The van der Waals surface area contributed by atoms with Crippen LogP contribution in [0.25, 0.3) is 0 Å². The molecule has 0 spiro atoms. The maximum Gasteiger partial charge on any atom is 0.339 e. The second-order valence-electron chi connectivity index (χ2n) is 7.75. The predicted octanol–water partition coefficient (Wildman–Crippen LogP) is 2.66. The smallest absolute Gasteiger partial charge is 0.339 e. The van der Waals surface area contributed by atoms with Crippen LogP contribution in [0.4, 0.5) is 11.4 Å². The molecule has 2 atom stereocenters. The summed E-state index contributed by atoms with van der Waals surface area (Å²) in [7, 11) is 1.54. The molecule has 174 valence electrons. The van der Waals surface area contributed by atoms with Gasteiger partial charge in [0, 0.05) is 37.3 Å².